The quantitative estimate of drug-likeness (QED) is 0.342. The second-order valence-corrected chi connectivity index (χ2v) is 8.62. The fraction of sp³-hybridized carbons (Fsp3) is 0.440. The van der Waals surface area contributed by atoms with Gasteiger partial charge in [-0.2, -0.15) is 0 Å². The Morgan fingerprint density at radius 3 is 2.41 bits per heavy atom. The molecule has 0 saturated carbocycles. The predicted octanol–water partition coefficient (Wildman–Crippen LogP) is 6.12. The van der Waals surface area contributed by atoms with E-state index in [0.29, 0.717) is 6.61 Å². The van der Waals surface area contributed by atoms with Crippen molar-refractivity contribution in [2.75, 3.05) is 6.61 Å². The first-order chi connectivity index (χ1) is 13.9. The van der Waals surface area contributed by atoms with Gasteiger partial charge < -0.3 is 9.30 Å². The number of para-hydroxylation sites is 2. The highest BCUT2D eigenvalue weighted by Crippen LogP contribution is 2.28. The number of ether oxygens (including phenoxy) is 1. The number of nitrogens with zero attached hydrogens (tertiary/aromatic N) is 2. The smallest absolute Gasteiger partial charge is 0.326 e. The van der Waals surface area contributed by atoms with Gasteiger partial charge >= 0.3 is 5.97 Å². The first-order valence-electron chi connectivity index (χ1n) is 10.6. The average molecular weight is 393 g/mol. The molecule has 3 rings (SSSR count). The molecule has 4 nitrogen and oxygen atoms in total. The van der Waals surface area contributed by atoms with Crippen LogP contribution in [0.4, 0.5) is 0 Å². The van der Waals surface area contributed by atoms with Gasteiger partial charge in [0.15, 0.2) is 0 Å². The molecule has 4 heteroatoms. The summed E-state index contributed by atoms with van der Waals surface area (Å²) in [6.45, 7) is 9.44. The number of unbranched alkanes of at least 4 members (excludes halogenated alkanes) is 3. The van der Waals surface area contributed by atoms with Crippen LogP contribution in [-0.2, 0) is 21.5 Å². The summed E-state index contributed by atoms with van der Waals surface area (Å²) in [5.41, 5.74) is 4.21. The van der Waals surface area contributed by atoms with Crippen molar-refractivity contribution in [2.24, 2.45) is 0 Å². The van der Waals surface area contributed by atoms with E-state index in [-0.39, 0.29) is 17.9 Å². The topological polar surface area (TPSA) is 44.1 Å². The van der Waals surface area contributed by atoms with Crippen LogP contribution in [0.25, 0.3) is 22.4 Å². The van der Waals surface area contributed by atoms with E-state index in [0.717, 1.165) is 35.3 Å². The molecule has 29 heavy (non-hydrogen) atoms. The Morgan fingerprint density at radius 1 is 1.00 bits per heavy atom. The normalized spacial score (nSPS) is 11.7. The van der Waals surface area contributed by atoms with Gasteiger partial charge in [-0.25, -0.2) is 4.98 Å². The highest BCUT2D eigenvalue weighted by Gasteiger charge is 2.18. The molecule has 0 spiro atoms. The molecule has 3 aromatic rings. The molecule has 0 amide bonds. The third-order valence-corrected chi connectivity index (χ3v) is 5.21. The van der Waals surface area contributed by atoms with Gasteiger partial charge in [-0.15, -0.1) is 0 Å². The van der Waals surface area contributed by atoms with Crippen LogP contribution >= 0.6 is 0 Å². The van der Waals surface area contributed by atoms with Gasteiger partial charge in [0.05, 0.1) is 17.6 Å². The number of fused-ring (bicyclic) bond motifs is 1. The van der Waals surface area contributed by atoms with Crippen molar-refractivity contribution in [1.29, 1.82) is 0 Å². The molecule has 0 fully saturated rings. The molecule has 0 aliphatic heterocycles. The van der Waals surface area contributed by atoms with E-state index in [1.807, 2.05) is 28.8 Å². The fourth-order valence-electron chi connectivity index (χ4n) is 3.46. The summed E-state index contributed by atoms with van der Waals surface area (Å²) in [6.07, 6.45) is 4.37. The zero-order valence-corrected chi connectivity index (χ0v) is 18.1. The maximum Gasteiger partial charge on any atom is 0.326 e. The molecule has 2 aromatic carbocycles. The van der Waals surface area contributed by atoms with Gasteiger partial charge in [-0.1, -0.05) is 83.4 Å². The number of hydrogen-bond acceptors (Lipinski definition) is 3. The van der Waals surface area contributed by atoms with E-state index in [4.69, 9.17) is 9.72 Å². The van der Waals surface area contributed by atoms with E-state index < -0.39 is 0 Å². The van der Waals surface area contributed by atoms with E-state index in [9.17, 15) is 4.79 Å². The summed E-state index contributed by atoms with van der Waals surface area (Å²) < 4.78 is 7.45. The summed E-state index contributed by atoms with van der Waals surface area (Å²) in [4.78, 5) is 17.3. The Kier molecular flexibility index (Phi) is 6.73. The van der Waals surface area contributed by atoms with E-state index in [1.165, 1.54) is 18.4 Å². The molecule has 0 atom stereocenters. The zero-order chi connectivity index (χ0) is 20.9. The summed E-state index contributed by atoms with van der Waals surface area (Å²) in [6, 6.07) is 16.4. The average Bonchev–Trinajstić information content (AvgIpc) is 3.06. The highest BCUT2D eigenvalue weighted by molar-refractivity contribution is 5.83. The minimum absolute atomic E-state index is 0.0975. The minimum atomic E-state index is -0.211. The van der Waals surface area contributed by atoms with Crippen molar-refractivity contribution in [3.8, 4) is 11.4 Å². The van der Waals surface area contributed by atoms with Crippen LogP contribution in [-0.4, -0.2) is 22.1 Å². The third-order valence-electron chi connectivity index (χ3n) is 5.21. The number of imidazole rings is 1. The molecule has 1 heterocycles. The third kappa shape index (κ3) is 5.26. The monoisotopic (exact) mass is 392 g/mol. The van der Waals surface area contributed by atoms with E-state index in [2.05, 4.69) is 52.0 Å². The Hall–Kier alpha value is -2.62. The maximum absolute atomic E-state index is 12.5. The number of esters is 1. The van der Waals surface area contributed by atoms with Crippen molar-refractivity contribution in [3.63, 3.8) is 0 Å². The molecule has 0 aliphatic rings. The van der Waals surface area contributed by atoms with Crippen LogP contribution < -0.4 is 0 Å². The molecular formula is C25H32N2O2. The summed E-state index contributed by atoms with van der Waals surface area (Å²) >= 11 is 0. The molecule has 1 aromatic heterocycles. The van der Waals surface area contributed by atoms with E-state index >= 15 is 0 Å². The molecule has 0 unspecified atom stereocenters. The summed E-state index contributed by atoms with van der Waals surface area (Å²) in [5.74, 6) is 0.590. The lowest BCUT2D eigenvalue weighted by Gasteiger charge is -2.19. The summed E-state index contributed by atoms with van der Waals surface area (Å²) in [7, 11) is 0. The van der Waals surface area contributed by atoms with Gasteiger partial charge in [0.25, 0.3) is 0 Å². The highest BCUT2D eigenvalue weighted by atomic mass is 16.5. The van der Waals surface area contributed by atoms with Crippen LogP contribution in [0.3, 0.4) is 0 Å². The lowest BCUT2D eigenvalue weighted by atomic mass is 9.87. The van der Waals surface area contributed by atoms with Crippen molar-refractivity contribution in [2.45, 2.75) is 65.3 Å². The molecule has 0 bridgehead atoms. The molecule has 154 valence electrons. The second-order valence-electron chi connectivity index (χ2n) is 8.62. The first-order valence-corrected chi connectivity index (χ1v) is 10.6. The van der Waals surface area contributed by atoms with Crippen LogP contribution in [0.1, 0.15) is 58.9 Å². The van der Waals surface area contributed by atoms with Gasteiger partial charge in [0, 0.05) is 5.56 Å². The Balaban J connectivity index is 1.84. The number of aromatic nitrogens is 2. The number of hydrogen-bond donors (Lipinski definition) is 0. The van der Waals surface area contributed by atoms with Crippen LogP contribution in [0.15, 0.2) is 48.5 Å². The molecular weight excluding hydrogens is 360 g/mol. The van der Waals surface area contributed by atoms with Gasteiger partial charge in [0.1, 0.15) is 12.4 Å². The van der Waals surface area contributed by atoms with E-state index in [1.54, 1.807) is 0 Å². The standard InChI is InChI=1S/C25H32N2O2/c1-5-6-7-10-17-29-23(28)18-27-22-12-9-8-11-21(22)26-24(27)19-13-15-20(16-14-19)25(2,3)4/h8-9,11-16H,5-7,10,17-18H2,1-4H3. The first kappa shape index (κ1) is 21.1. The zero-order valence-electron chi connectivity index (χ0n) is 18.1. The Morgan fingerprint density at radius 2 is 1.72 bits per heavy atom. The minimum Gasteiger partial charge on any atom is -0.464 e. The lowest BCUT2D eigenvalue weighted by Crippen LogP contribution is -2.15. The summed E-state index contributed by atoms with van der Waals surface area (Å²) in [5, 5.41) is 0. The van der Waals surface area contributed by atoms with Gasteiger partial charge in [0.2, 0.25) is 0 Å². The van der Waals surface area contributed by atoms with Gasteiger partial charge in [-0.3, -0.25) is 4.79 Å². The Labute approximate surface area is 173 Å². The van der Waals surface area contributed by atoms with Crippen LogP contribution in [0, 0.1) is 0 Å². The van der Waals surface area contributed by atoms with Gasteiger partial charge in [-0.05, 0) is 29.5 Å². The molecule has 0 radical (unpaired) electrons. The number of benzene rings is 2. The van der Waals surface area contributed by atoms with Crippen LogP contribution in [0.5, 0.6) is 0 Å². The lowest BCUT2D eigenvalue weighted by molar-refractivity contribution is -0.144. The predicted molar refractivity (Wildman–Crippen MR) is 119 cm³/mol. The van der Waals surface area contributed by atoms with Crippen LogP contribution in [0.2, 0.25) is 0 Å². The SMILES string of the molecule is CCCCCCOC(=O)Cn1c(-c2ccc(C(C)(C)C)cc2)nc2ccccc21. The van der Waals surface area contributed by atoms with Crippen molar-refractivity contribution >= 4 is 17.0 Å². The Bertz CT molecular complexity index is 949. The maximum atomic E-state index is 12.5. The van der Waals surface area contributed by atoms with Crippen molar-refractivity contribution in [3.05, 3.63) is 54.1 Å². The largest absolute Gasteiger partial charge is 0.464 e. The second kappa shape index (κ2) is 9.25. The molecule has 0 saturated heterocycles. The molecule has 0 aliphatic carbocycles. The molecule has 0 N–H and O–H groups in total. The number of rotatable bonds is 8. The number of carbonyl (C=O) groups excluding carboxylic acids is 1. The number of carbonyl (C=O) groups is 1. The van der Waals surface area contributed by atoms with Crippen molar-refractivity contribution in [1.82, 2.24) is 9.55 Å². The fourth-order valence-corrected chi connectivity index (χ4v) is 3.46. The van der Waals surface area contributed by atoms with Crippen molar-refractivity contribution < 1.29 is 9.53 Å².